The third kappa shape index (κ3) is 4.29. The van der Waals surface area contributed by atoms with E-state index in [1.54, 1.807) is 11.9 Å². The fourth-order valence-corrected chi connectivity index (χ4v) is 6.21. The van der Waals surface area contributed by atoms with Crippen molar-refractivity contribution >= 4 is 41.7 Å². The van der Waals surface area contributed by atoms with E-state index >= 15 is 0 Å². The normalized spacial score (nSPS) is 12.9. The van der Waals surface area contributed by atoms with Crippen LogP contribution >= 0.6 is 23.3 Å². The summed E-state index contributed by atoms with van der Waals surface area (Å²) in [6, 6.07) is 21.3. The first-order chi connectivity index (χ1) is 16.9. The fraction of sp³-hybridized carbons (Fsp3) is 0.200. The van der Waals surface area contributed by atoms with Crippen LogP contribution in [0.25, 0.3) is 34.5 Å². The van der Waals surface area contributed by atoms with Crippen LogP contribution in [-0.4, -0.2) is 10.3 Å². The second kappa shape index (κ2) is 9.37. The molecule has 5 rings (SSSR count). The molecule has 0 bridgehead atoms. The van der Waals surface area contributed by atoms with E-state index in [1.165, 1.54) is 27.5 Å². The molecule has 0 saturated heterocycles. The number of thiophene rings is 1. The minimum absolute atomic E-state index is 0.588. The Labute approximate surface area is 214 Å². The van der Waals surface area contributed by atoms with Gasteiger partial charge in [-0.15, -0.1) is 11.3 Å². The highest BCUT2D eigenvalue weighted by Crippen LogP contribution is 2.38. The summed E-state index contributed by atoms with van der Waals surface area (Å²) in [6.07, 6.45) is 7.58. The van der Waals surface area contributed by atoms with E-state index in [2.05, 4.69) is 71.6 Å². The highest BCUT2D eigenvalue weighted by atomic mass is 32.2. The molecule has 2 aromatic heterocycles. The molecule has 0 aliphatic heterocycles. The topological polar surface area (TPSA) is 45.8 Å². The van der Waals surface area contributed by atoms with Crippen LogP contribution in [0.5, 0.6) is 0 Å². The molecule has 0 unspecified atom stereocenters. The Bertz CT molecular complexity index is 1580. The molecule has 0 amide bonds. The van der Waals surface area contributed by atoms with E-state index in [4.69, 9.17) is 0 Å². The average Bonchev–Trinajstić information content (AvgIpc) is 3.47. The van der Waals surface area contributed by atoms with Gasteiger partial charge in [0.15, 0.2) is 0 Å². The third-order valence-corrected chi connectivity index (χ3v) is 8.35. The lowest BCUT2D eigenvalue weighted by Crippen LogP contribution is -2.29. The number of hydrogen-bond acceptors (Lipinski definition) is 4. The second-order valence-corrected chi connectivity index (χ2v) is 11.3. The zero-order valence-corrected chi connectivity index (χ0v) is 21.7. The summed E-state index contributed by atoms with van der Waals surface area (Å²) in [5.74, 6) is 0. The van der Waals surface area contributed by atoms with Crippen molar-refractivity contribution in [3.05, 3.63) is 86.5 Å². The Hall–Kier alpha value is -3.33. The highest BCUT2D eigenvalue weighted by Gasteiger charge is 2.25. The maximum Gasteiger partial charge on any atom is 0.129 e. The number of aryl methyl sites for hydroxylation is 1. The quantitative estimate of drug-likeness (QED) is 0.289. The molecular formula is C30H26N2OS2. The molecule has 0 saturated carbocycles. The number of fused-ring (bicyclic) bond motifs is 1. The smallest absolute Gasteiger partial charge is 0.129 e. The van der Waals surface area contributed by atoms with Gasteiger partial charge in [0, 0.05) is 32.2 Å². The number of carbonyl (C=O) groups is 1. The Morgan fingerprint density at radius 3 is 2.60 bits per heavy atom. The highest BCUT2D eigenvalue weighted by molar-refractivity contribution is 7.98. The van der Waals surface area contributed by atoms with E-state index in [0.717, 1.165) is 56.8 Å². The molecule has 3 nitrogen and oxygen atoms in total. The van der Waals surface area contributed by atoms with Crippen molar-refractivity contribution in [2.24, 2.45) is 0 Å². The van der Waals surface area contributed by atoms with Crippen LogP contribution in [0.4, 0.5) is 0 Å². The Kier molecular flexibility index (Phi) is 6.27. The van der Waals surface area contributed by atoms with Gasteiger partial charge in [-0.2, -0.15) is 5.26 Å². The summed E-state index contributed by atoms with van der Waals surface area (Å²) in [7, 11) is 0. The number of nitrogens with zero attached hydrogens (tertiary/aromatic N) is 2. The van der Waals surface area contributed by atoms with Crippen molar-refractivity contribution < 1.29 is 4.79 Å². The summed E-state index contributed by atoms with van der Waals surface area (Å²) in [5, 5.41) is 14.2. The first kappa shape index (κ1) is 23.4. The fourth-order valence-electron chi connectivity index (χ4n) is 4.50. The van der Waals surface area contributed by atoms with Crippen LogP contribution in [-0.2, 0) is 10.2 Å². The number of nitriles is 1. The van der Waals surface area contributed by atoms with Gasteiger partial charge in [0.25, 0.3) is 0 Å². The van der Waals surface area contributed by atoms with Crippen LogP contribution in [0, 0.1) is 18.3 Å². The number of rotatable bonds is 6. The molecule has 1 aliphatic carbocycles. The predicted molar refractivity (Wildman–Crippen MR) is 147 cm³/mol. The van der Waals surface area contributed by atoms with Gasteiger partial charge in [-0.25, -0.2) is 0 Å². The minimum atomic E-state index is -0.588. The molecule has 0 radical (unpaired) electrons. The average molecular weight is 495 g/mol. The van der Waals surface area contributed by atoms with Gasteiger partial charge in [-0.1, -0.05) is 48.0 Å². The van der Waals surface area contributed by atoms with Gasteiger partial charge < -0.3 is 4.79 Å². The number of hydrogen-bond donors (Lipinski definition) is 0. The first-order valence-corrected chi connectivity index (χ1v) is 13.3. The van der Waals surface area contributed by atoms with E-state index in [9.17, 15) is 10.1 Å². The molecule has 2 aromatic carbocycles. The molecule has 35 heavy (non-hydrogen) atoms. The monoisotopic (exact) mass is 494 g/mol. The standard InChI is InChI=1S/C30H26N2OS2/c1-20-11-13-23(14-12-20)35-32-26-10-5-4-9-24(26)28(25-15-16-34-27(25)18-31)29(32)21-7-6-8-22(17-21)30(2,3)19-33/h6-17,19H,4-5H2,1-3H3. The van der Waals surface area contributed by atoms with Gasteiger partial charge in [0.2, 0.25) is 0 Å². The van der Waals surface area contributed by atoms with Gasteiger partial charge in [0.05, 0.1) is 11.0 Å². The van der Waals surface area contributed by atoms with Crippen molar-refractivity contribution in [2.45, 2.75) is 43.9 Å². The molecule has 174 valence electrons. The van der Waals surface area contributed by atoms with E-state index in [1.807, 2.05) is 31.4 Å². The van der Waals surface area contributed by atoms with Gasteiger partial charge >= 0.3 is 0 Å². The van der Waals surface area contributed by atoms with Crippen molar-refractivity contribution in [1.29, 1.82) is 5.26 Å². The van der Waals surface area contributed by atoms with E-state index < -0.39 is 5.41 Å². The summed E-state index contributed by atoms with van der Waals surface area (Å²) in [4.78, 5) is 13.7. The second-order valence-electron chi connectivity index (χ2n) is 9.40. The Morgan fingerprint density at radius 1 is 1.09 bits per heavy atom. The van der Waals surface area contributed by atoms with Crippen LogP contribution in [0.15, 0.2) is 64.9 Å². The molecule has 2 heterocycles. The first-order valence-electron chi connectivity index (χ1n) is 11.7. The number of aromatic nitrogens is 1. The molecule has 0 fully saturated rings. The minimum Gasteiger partial charge on any atom is -0.302 e. The zero-order chi connectivity index (χ0) is 24.6. The number of carbonyl (C=O) groups excluding carboxylic acids is 1. The van der Waals surface area contributed by atoms with Crippen molar-refractivity contribution in [3.8, 4) is 28.5 Å². The molecule has 0 spiro atoms. The summed E-state index contributed by atoms with van der Waals surface area (Å²) in [5.41, 5.74) is 5.78. The lowest BCUT2D eigenvalue weighted by atomic mass is 9.85. The van der Waals surface area contributed by atoms with Gasteiger partial charge in [0.1, 0.15) is 17.2 Å². The predicted octanol–water partition coefficient (Wildman–Crippen LogP) is 6.45. The SMILES string of the molecule is Cc1ccc(Sn2c(-c3cccc(C(C)(C)C=O)c3)c(-c3ccsc3C#N)c3c2=CCCC=3)cc1. The Balaban J connectivity index is 1.85. The maximum absolute atomic E-state index is 11.9. The Morgan fingerprint density at radius 2 is 1.86 bits per heavy atom. The van der Waals surface area contributed by atoms with Gasteiger partial charge in [-0.05, 0) is 80.8 Å². The van der Waals surface area contributed by atoms with Crippen LogP contribution in [0.2, 0.25) is 0 Å². The summed E-state index contributed by atoms with van der Waals surface area (Å²) in [6.45, 7) is 5.98. The molecule has 5 heteroatoms. The largest absolute Gasteiger partial charge is 0.302 e. The van der Waals surface area contributed by atoms with E-state index in [0.29, 0.717) is 0 Å². The van der Waals surface area contributed by atoms with Crippen molar-refractivity contribution in [2.75, 3.05) is 0 Å². The van der Waals surface area contributed by atoms with Crippen LogP contribution in [0.3, 0.4) is 0 Å². The van der Waals surface area contributed by atoms with Crippen LogP contribution in [0.1, 0.15) is 42.7 Å². The zero-order valence-electron chi connectivity index (χ0n) is 20.0. The lowest BCUT2D eigenvalue weighted by Gasteiger charge is -2.19. The molecule has 1 aliphatic rings. The lowest BCUT2D eigenvalue weighted by molar-refractivity contribution is -0.111. The molecular weight excluding hydrogens is 468 g/mol. The molecule has 4 aromatic rings. The number of aldehydes is 1. The summed E-state index contributed by atoms with van der Waals surface area (Å²) < 4.78 is 2.32. The van der Waals surface area contributed by atoms with E-state index in [-0.39, 0.29) is 0 Å². The number of benzene rings is 2. The van der Waals surface area contributed by atoms with Crippen molar-refractivity contribution in [1.82, 2.24) is 3.97 Å². The van der Waals surface area contributed by atoms with Crippen LogP contribution < -0.4 is 10.6 Å². The van der Waals surface area contributed by atoms with Gasteiger partial charge in [-0.3, -0.25) is 3.97 Å². The maximum atomic E-state index is 11.9. The third-order valence-electron chi connectivity index (χ3n) is 6.49. The van der Waals surface area contributed by atoms with Crippen molar-refractivity contribution in [3.63, 3.8) is 0 Å². The molecule has 0 N–H and O–H groups in total. The molecule has 0 atom stereocenters. The summed E-state index contributed by atoms with van der Waals surface area (Å²) >= 11 is 3.18.